The number of fused-ring (bicyclic) bond motifs is 1. The summed E-state index contributed by atoms with van der Waals surface area (Å²) in [5.74, 6) is -1.76. The first-order valence-electron chi connectivity index (χ1n) is 12.1. The second kappa shape index (κ2) is 10.1. The SMILES string of the molecule is CCOC(=O)[C@@H]1[C@@H]2CC(C)C3(S2)C(C(=O)Nc2c(C)cccc2Cl)N(CCCCCO)C(=O)[C@H]13. The van der Waals surface area contributed by atoms with Gasteiger partial charge in [0.1, 0.15) is 6.04 Å². The lowest BCUT2D eigenvalue weighted by molar-refractivity contribution is -0.154. The largest absolute Gasteiger partial charge is 0.466 e. The summed E-state index contributed by atoms with van der Waals surface area (Å²) < 4.78 is 4.68. The van der Waals surface area contributed by atoms with Crippen LogP contribution >= 0.6 is 23.4 Å². The Morgan fingerprint density at radius 2 is 2.09 bits per heavy atom. The quantitative estimate of drug-likeness (QED) is 0.390. The summed E-state index contributed by atoms with van der Waals surface area (Å²) in [4.78, 5) is 42.4. The smallest absolute Gasteiger partial charge is 0.310 e. The molecule has 3 saturated heterocycles. The molecule has 1 aromatic rings. The van der Waals surface area contributed by atoms with Crippen LogP contribution in [0.5, 0.6) is 0 Å². The fourth-order valence-corrected chi connectivity index (χ4v) is 8.80. The van der Waals surface area contributed by atoms with Gasteiger partial charge in [-0.15, -0.1) is 11.8 Å². The van der Waals surface area contributed by atoms with E-state index in [1.807, 2.05) is 19.1 Å². The van der Waals surface area contributed by atoms with Gasteiger partial charge in [0.15, 0.2) is 0 Å². The first-order chi connectivity index (χ1) is 16.3. The van der Waals surface area contributed by atoms with E-state index in [-0.39, 0.29) is 42.2 Å². The van der Waals surface area contributed by atoms with Crippen molar-refractivity contribution in [3.63, 3.8) is 0 Å². The highest BCUT2D eigenvalue weighted by molar-refractivity contribution is 8.02. The number of amides is 2. The molecular weight excluding hydrogens is 476 g/mol. The first-order valence-corrected chi connectivity index (χ1v) is 13.3. The van der Waals surface area contributed by atoms with Crippen LogP contribution in [0.1, 0.15) is 45.1 Å². The maximum absolute atomic E-state index is 13.9. The van der Waals surface area contributed by atoms with Gasteiger partial charge in [-0.3, -0.25) is 14.4 Å². The minimum absolute atomic E-state index is 0.0307. The molecule has 6 atom stereocenters. The van der Waals surface area contributed by atoms with E-state index in [0.29, 0.717) is 30.1 Å². The van der Waals surface area contributed by atoms with Crippen LogP contribution in [0.4, 0.5) is 5.69 Å². The molecular formula is C25H33ClN2O5S. The number of aliphatic hydroxyl groups is 1. The average Bonchev–Trinajstić information content (AvgIpc) is 3.38. The summed E-state index contributed by atoms with van der Waals surface area (Å²) in [6.45, 7) is 6.49. The fraction of sp³-hybridized carbons (Fsp3) is 0.640. The Balaban J connectivity index is 1.71. The molecule has 1 spiro atoms. The number of esters is 1. The van der Waals surface area contributed by atoms with Crippen molar-refractivity contribution in [2.24, 2.45) is 17.8 Å². The molecule has 3 heterocycles. The number of benzene rings is 1. The van der Waals surface area contributed by atoms with Crippen LogP contribution in [0.15, 0.2) is 18.2 Å². The fourth-order valence-electron chi connectivity index (χ4n) is 6.12. The molecule has 2 bridgehead atoms. The van der Waals surface area contributed by atoms with Gasteiger partial charge in [0.2, 0.25) is 11.8 Å². The summed E-state index contributed by atoms with van der Waals surface area (Å²) in [7, 11) is 0. The highest BCUT2D eigenvalue weighted by Crippen LogP contribution is 2.68. The van der Waals surface area contributed by atoms with Crippen molar-refractivity contribution in [1.29, 1.82) is 0 Å². The number of ether oxygens (including phenoxy) is 1. The zero-order chi connectivity index (χ0) is 24.6. The molecule has 2 amide bonds. The summed E-state index contributed by atoms with van der Waals surface area (Å²) in [6, 6.07) is 4.73. The molecule has 2 N–H and O–H groups in total. The minimum atomic E-state index is -0.709. The maximum Gasteiger partial charge on any atom is 0.310 e. The van der Waals surface area contributed by atoms with Gasteiger partial charge in [-0.05, 0) is 57.1 Å². The lowest BCUT2D eigenvalue weighted by atomic mass is 9.66. The molecule has 3 unspecified atom stereocenters. The molecule has 4 rings (SSSR count). The highest BCUT2D eigenvalue weighted by atomic mass is 35.5. The zero-order valence-electron chi connectivity index (χ0n) is 19.9. The number of rotatable bonds is 9. The van der Waals surface area contributed by atoms with E-state index >= 15 is 0 Å². The lowest BCUT2D eigenvalue weighted by Gasteiger charge is -2.38. The number of thioether (sulfide) groups is 1. The molecule has 0 aromatic heterocycles. The van der Waals surface area contributed by atoms with Crippen molar-refractivity contribution in [2.75, 3.05) is 25.1 Å². The van der Waals surface area contributed by atoms with Crippen LogP contribution in [-0.4, -0.2) is 63.6 Å². The van der Waals surface area contributed by atoms with Crippen molar-refractivity contribution in [3.05, 3.63) is 28.8 Å². The van der Waals surface area contributed by atoms with Crippen LogP contribution < -0.4 is 5.32 Å². The zero-order valence-corrected chi connectivity index (χ0v) is 21.5. The Labute approximate surface area is 209 Å². The van der Waals surface area contributed by atoms with E-state index in [1.54, 1.807) is 29.7 Å². The molecule has 0 aliphatic carbocycles. The van der Waals surface area contributed by atoms with Crippen molar-refractivity contribution in [1.82, 2.24) is 4.90 Å². The minimum Gasteiger partial charge on any atom is -0.466 e. The number of nitrogens with zero attached hydrogens (tertiary/aromatic N) is 1. The van der Waals surface area contributed by atoms with Gasteiger partial charge in [0.05, 0.1) is 33.9 Å². The van der Waals surface area contributed by atoms with Gasteiger partial charge in [0, 0.05) is 18.4 Å². The van der Waals surface area contributed by atoms with Gasteiger partial charge in [-0.1, -0.05) is 30.7 Å². The van der Waals surface area contributed by atoms with Crippen molar-refractivity contribution >= 4 is 46.8 Å². The third-order valence-corrected chi connectivity index (χ3v) is 9.97. The van der Waals surface area contributed by atoms with E-state index in [4.69, 9.17) is 21.4 Å². The van der Waals surface area contributed by atoms with E-state index < -0.39 is 22.6 Å². The number of aliphatic hydroxyl groups excluding tert-OH is 1. The van der Waals surface area contributed by atoms with Gasteiger partial charge in [-0.2, -0.15) is 0 Å². The molecule has 7 nitrogen and oxygen atoms in total. The van der Waals surface area contributed by atoms with Crippen molar-refractivity contribution in [3.8, 4) is 0 Å². The van der Waals surface area contributed by atoms with Gasteiger partial charge >= 0.3 is 5.97 Å². The van der Waals surface area contributed by atoms with Crippen LogP contribution in [0.3, 0.4) is 0 Å². The Kier molecular flexibility index (Phi) is 7.50. The third-order valence-electron chi connectivity index (χ3n) is 7.58. The predicted molar refractivity (Wildman–Crippen MR) is 133 cm³/mol. The Morgan fingerprint density at radius 3 is 2.76 bits per heavy atom. The third kappa shape index (κ3) is 4.01. The summed E-state index contributed by atoms with van der Waals surface area (Å²) in [5, 5.41) is 12.6. The van der Waals surface area contributed by atoms with Gasteiger partial charge in [0.25, 0.3) is 0 Å². The maximum atomic E-state index is 13.9. The second-order valence-electron chi connectivity index (χ2n) is 9.54. The monoisotopic (exact) mass is 508 g/mol. The highest BCUT2D eigenvalue weighted by Gasteiger charge is 2.76. The first kappa shape index (κ1) is 25.3. The van der Waals surface area contributed by atoms with Crippen LogP contribution in [-0.2, 0) is 19.1 Å². The summed E-state index contributed by atoms with van der Waals surface area (Å²) >= 11 is 8.02. The Bertz CT molecular complexity index is 954. The predicted octanol–water partition coefficient (Wildman–Crippen LogP) is 3.65. The standard InChI is InChI=1S/C25H33ClN2O5S/c1-4-33-24(32)18-17-13-15(3)25(34-17)19(18)23(31)28(11-6-5-7-12-29)21(25)22(30)27-20-14(2)9-8-10-16(20)26/h8-10,15,17-19,21,29H,4-7,11-13H2,1-3H3,(H,27,30)/t15?,17-,18+,19-,21?,25?/m0/s1. The number of hydrogen-bond donors (Lipinski definition) is 2. The van der Waals surface area contributed by atoms with Gasteiger partial charge in [-0.25, -0.2) is 0 Å². The van der Waals surface area contributed by atoms with E-state index in [0.717, 1.165) is 18.4 Å². The Morgan fingerprint density at radius 1 is 1.32 bits per heavy atom. The van der Waals surface area contributed by atoms with E-state index in [1.165, 1.54) is 0 Å². The molecule has 186 valence electrons. The van der Waals surface area contributed by atoms with Crippen molar-refractivity contribution in [2.45, 2.75) is 62.5 Å². The number of hydrogen-bond acceptors (Lipinski definition) is 6. The molecule has 3 fully saturated rings. The van der Waals surface area contributed by atoms with Gasteiger partial charge < -0.3 is 20.1 Å². The number of carbonyl (C=O) groups is 3. The molecule has 0 saturated carbocycles. The van der Waals surface area contributed by atoms with Crippen LogP contribution in [0.25, 0.3) is 0 Å². The summed E-state index contributed by atoms with van der Waals surface area (Å²) in [5.41, 5.74) is 1.39. The van der Waals surface area contributed by atoms with Crippen LogP contribution in [0, 0.1) is 24.7 Å². The average molecular weight is 509 g/mol. The van der Waals surface area contributed by atoms with E-state index in [2.05, 4.69) is 12.2 Å². The number of anilines is 1. The number of halogens is 1. The summed E-state index contributed by atoms with van der Waals surface area (Å²) in [6.07, 6.45) is 2.84. The normalized spacial score (nSPS) is 31.6. The lowest BCUT2D eigenvalue weighted by Crippen LogP contribution is -2.54. The molecule has 9 heteroatoms. The van der Waals surface area contributed by atoms with E-state index in [9.17, 15) is 14.4 Å². The number of carbonyl (C=O) groups excluding carboxylic acids is 3. The second-order valence-corrected chi connectivity index (χ2v) is 11.5. The topological polar surface area (TPSA) is 95.9 Å². The number of para-hydroxylation sites is 1. The number of nitrogens with one attached hydrogen (secondary N) is 1. The molecule has 0 radical (unpaired) electrons. The van der Waals surface area contributed by atoms with Crippen LogP contribution in [0.2, 0.25) is 5.02 Å². The van der Waals surface area contributed by atoms with Crippen molar-refractivity contribution < 1.29 is 24.2 Å². The Hall–Kier alpha value is -1.77. The molecule has 3 aliphatic heterocycles. The molecule has 34 heavy (non-hydrogen) atoms. The number of unbranched alkanes of at least 4 members (excludes halogenated alkanes) is 2. The number of likely N-dealkylation sites (tertiary alicyclic amines) is 1. The number of aryl methyl sites for hydroxylation is 1. The molecule has 1 aromatic carbocycles. The molecule has 3 aliphatic rings.